The number of nitrogens with zero attached hydrogens (tertiary/aromatic N) is 1. The number of aryl methyl sites for hydroxylation is 1. The average Bonchev–Trinajstić information content (AvgIpc) is 2.97. The number of carbonyl (C=O) groups excluding carboxylic acids is 1. The molecule has 20 heavy (non-hydrogen) atoms. The summed E-state index contributed by atoms with van der Waals surface area (Å²) in [4.78, 5) is 14.2. The molecule has 0 atom stereocenters. The lowest BCUT2D eigenvalue weighted by Gasteiger charge is -2.26. The fourth-order valence-electron chi connectivity index (χ4n) is 2.47. The Kier molecular flexibility index (Phi) is 3.56. The van der Waals surface area contributed by atoms with Crippen LogP contribution >= 0.6 is 0 Å². The molecule has 0 spiro atoms. The van der Waals surface area contributed by atoms with E-state index in [1.54, 1.807) is 6.07 Å². The summed E-state index contributed by atoms with van der Waals surface area (Å²) >= 11 is 0. The van der Waals surface area contributed by atoms with Crippen molar-refractivity contribution in [2.75, 3.05) is 26.2 Å². The Bertz CT molecular complexity index is 612. The average molecular weight is 270 g/mol. The molecule has 0 unspecified atom stereocenters. The lowest BCUT2D eigenvalue weighted by atomic mass is 10.1. The minimum Gasteiger partial charge on any atom is -0.451 e. The maximum absolute atomic E-state index is 12.3. The Hall–Kier alpha value is -2.07. The Morgan fingerprint density at radius 2 is 1.90 bits per heavy atom. The fourth-order valence-corrected chi connectivity index (χ4v) is 2.47. The zero-order valence-electron chi connectivity index (χ0n) is 11.6. The lowest BCUT2D eigenvalue weighted by Crippen LogP contribution is -2.46. The van der Waals surface area contributed by atoms with Gasteiger partial charge in [-0.25, -0.2) is 0 Å². The number of benzene rings is 1. The predicted molar refractivity (Wildman–Crippen MR) is 77.7 cm³/mol. The molecule has 104 valence electrons. The normalized spacial score (nSPS) is 15.3. The summed E-state index contributed by atoms with van der Waals surface area (Å²) in [7, 11) is 0. The third-order valence-corrected chi connectivity index (χ3v) is 3.63. The van der Waals surface area contributed by atoms with Crippen molar-refractivity contribution in [2.45, 2.75) is 6.92 Å². The van der Waals surface area contributed by atoms with Crippen LogP contribution in [0.4, 0.5) is 0 Å². The quantitative estimate of drug-likeness (QED) is 0.910. The van der Waals surface area contributed by atoms with Gasteiger partial charge in [0.15, 0.2) is 5.76 Å². The number of hydrogen-bond donors (Lipinski definition) is 1. The second-order valence-corrected chi connectivity index (χ2v) is 5.02. The lowest BCUT2D eigenvalue weighted by molar-refractivity contribution is 0.0704. The van der Waals surface area contributed by atoms with Crippen molar-refractivity contribution in [3.05, 3.63) is 47.7 Å². The molecule has 1 aliphatic rings. The molecule has 1 amide bonds. The minimum absolute atomic E-state index is 0.0219. The molecular formula is C16H18N2O2. The molecule has 0 aliphatic carbocycles. The Morgan fingerprint density at radius 1 is 1.15 bits per heavy atom. The molecule has 0 radical (unpaired) electrons. The van der Waals surface area contributed by atoms with Gasteiger partial charge >= 0.3 is 0 Å². The van der Waals surface area contributed by atoms with Gasteiger partial charge in [-0.3, -0.25) is 4.79 Å². The van der Waals surface area contributed by atoms with Crippen molar-refractivity contribution >= 4 is 5.91 Å². The molecule has 3 rings (SSSR count). The van der Waals surface area contributed by atoms with E-state index in [9.17, 15) is 4.79 Å². The minimum atomic E-state index is -0.0219. The molecule has 4 heteroatoms. The van der Waals surface area contributed by atoms with Crippen LogP contribution in [0, 0.1) is 6.92 Å². The summed E-state index contributed by atoms with van der Waals surface area (Å²) in [6.07, 6.45) is 0. The third-order valence-electron chi connectivity index (χ3n) is 3.63. The molecule has 1 aliphatic heterocycles. The van der Waals surface area contributed by atoms with Crippen molar-refractivity contribution in [1.29, 1.82) is 0 Å². The second-order valence-electron chi connectivity index (χ2n) is 5.02. The molecule has 1 aromatic carbocycles. The van der Waals surface area contributed by atoms with Crippen LogP contribution in [0.1, 0.15) is 16.1 Å². The number of carbonyl (C=O) groups is 1. The van der Waals surface area contributed by atoms with Crippen LogP contribution in [-0.2, 0) is 0 Å². The van der Waals surface area contributed by atoms with Gasteiger partial charge in [-0.15, -0.1) is 0 Å². The number of piperazine rings is 1. The van der Waals surface area contributed by atoms with Gasteiger partial charge in [0.25, 0.3) is 5.91 Å². The smallest absolute Gasteiger partial charge is 0.289 e. The number of amides is 1. The Labute approximate surface area is 118 Å². The molecule has 1 aromatic heterocycles. The molecule has 0 saturated carbocycles. The summed E-state index contributed by atoms with van der Waals surface area (Å²) in [5.41, 5.74) is 2.18. The summed E-state index contributed by atoms with van der Waals surface area (Å²) in [6, 6.07) is 11.7. The van der Waals surface area contributed by atoms with Crippen LogP contribution in [0.3, 0.4) is 0 Å². The summed E-state index contributed by atoms with van der Waals surface area (Å²) in [6.45, 7) is 5.20. The molecule has 1 N–H and O–H groups in total. The first-order chi connectivity index (χ1) is 9.75. The van der Waals surface area contributed by atoms with E-state index < -0.39 is 0 Å². The Balaban J connectivity index is 1.83. The number of nitrogens with one attached hydrogen (secondary N) is 1. The van der Waals surface area contributed by atoms with Crippen LogP contribution in [0.2, 0.25) is 0 Å². The van der Waals surface area contributed by atoms with Crippen LogP contribution in [0.25, 0.3) is 11.3 Å². The molecule has 1 saturated heterocycles. The first-order valence-electron chi connectivity index (χ1n) is 6.91. The highest BCUT2D eigenvalue weighted by Crippen LogP contribution is 2.25. The molecule has 1 fully saturated rings. The van der Waals surface area contributed by atoms with Crippen molar-refractivity contribution in [2.24, 2.45) is 0 Å². The second kappa shape index (κ2) is 5.51. The number of furan rings is 1. The van der Waals surface area contributed by atoms with Gasteiger partial charge in [-0.05, 0) is 24.6 Å². The van der Waals surface area contributed by atoms with Crippen molar-refractivity contribution < 1.29 is 9.21 Å². The van der Waals surface area contributed by atoms with Crippen LogP contribution in [-0.4, -0.2) is 37.0 Å². The van der Waals surface area contributed by atoms with Gasteiger partial charge in [0.1, 0.15) is 5.76 Å². The maximum atomic E-state index is 12.3. The largest absolute Gasteiger partial charge is 0.451 e. The zero-order chi connectivity index (χ0) is 13.9. The van der Waals surface area contributed by atoms with E-state index in [0.717, 1.165) is 43.1 Å². The molecule has 0 bridgehead atoms. The van der Waals surface area contributed by atoms with Crippen molar-refractivity contribution in [3.8, 4) is 11.3 Å². The van der Waals surface area contributed by atoms with Gasteiger partial charge in [0.05, 0.1) is 0 Å². The number of hydrogen-bond acceptors (Lipinski definition) is 3. The van der Waals surface area contributed by atoms with E-state index >= 15 is 0 Å². The Morgan fingerprint density at radius 3 is 2.65 bits per heavy atom. The van der Waals surface area contributed by atoms with E-state index in [4.69, 9.17) is 4.42 Å². The van der Waals surface area contributed by atoms with Gasteiger partial charge in [-0.1, -0.05) is 24.3 Å². The zero-order valence-corrected chi connectivity index (χ0v) is 11.6. The standard InChI is InChI=1S/C16H18N2O2/c1-12-4-2-3-5-13(12)14-6-7-15(20-14)16(19)18-10-8-17-9-11-18/h2-7,17H,8-11H2,1H3. The maximum Gasteiger partial charge on any atom is 0.289 e. The van der Waals surface area contributed by atoms with Gasteiger partial charge < -0.3 is 14.6 Å². The van der Waals surface area contributed by atoms with Crippen molar-refractivity contribution in [3.63, 3.8) is 0 Å². The number of rotatable bonds is 2. The summed E-state index contributed by atoms with van der Waals surface area (Å²) in [5.74, 6) is 1.15. The fraction of sp³-hybridized carbons (Fsp3) is 0.312. The van der Waals surface area contributed by atoms with E-state index in [-0.39, 0.29) is 5.91 Å². The highest BCUT2D eigenvalue weighted by atomic mass is 16.4. The van der Waals surface area contributed by atoms with Crippen LogP contribution in [0.5, 0.6) is 0 Å². The molecule has 2 aromatic rings. The highest BCUT2D eigenvalue weighted by Gasteiger charge is 2.21. The van der Waals surface area contributed by atoms with Gasteiger partial charge in [-0.2, -0.15) is 0 Å². The summed E-state index contributed by atoms with van der Waals surface area (Å²) < 4.78 is 5.75. The first kappa shape index (κ1) is 12.9. The highest BCUT2D eigenvalue weighted by molar-refractivity contribution is 5.92. The summed E-state index contributed by atoms with van der Waals surface area (Å²) in [5, 5.41) is 3.24. The first-order valence-corrected chi connectivity index (χ1v) is 6.91. The van der Waals surface area contributed by atoms with E-state index in [2.05, 4.69) is 5.32 Å². The topological polar surface area (TPSA) is 45.5 Å². The third kappa shape index (κ3) is 2.47. The van der Waals surface area contributed by atoms with Gasteiger partial charge in [0.2, 0.25) is 0 Å². The van der Waals surface area contributed by atoms with E-state index in [1.807, 2.05) is 42.2 Å². The molecule has 2 heterocycles. The van der Waals surface area contributed by atoms with E-state index in [1.165, 1.54) is 0 Å². The molecular weight excluding hydrogens is 252 g/mol. The monoisotopic (exact) mass is 270 g/mol. The van der Waals surface area contributed by atoms with Crippen molar-refractivity contribution in [1.82, 2.24) is 10.2 Å². The van der Waals surface area contributed by atoms with Gasteiger partial charge in [0, 0.05) is 31.7 Å². The molecule has 4 nitrogen and oxygen atoms in total. The van der Waals surface area contributed by atoms with Crippen LogP contribution in [0.15, 0.2) is 40.8 Å². The SMILES string of the molecule is Cc1ccccc1-c1ccc(C(=O)N2CCNCC2)o1. The predicted octanol–water partition coefficient (Wildman–Crippen LogP) is 2.30. The van der Waals surface area contributed by atoms with Crippen LogP contribution < -0.4 is 5.32 Å². The van der Waals surface area contributed by atoms with E-state index in [0.29, 0.717) is 5.76 Å².